The predicted molar refractivity (Wildman–Crippen MR) is 89.7 cm³/mol. The fraction of sp³-hybridized carbons (Fsp3) is 0.375. The molecule has 0 spiro atoms. The highest BCUT2D eigenvalue weighted by atomic mass is 15.3. The third-order valence-corrected chi connectivity index (χ3v) is 3.56. The summed E-state index contributed by atoms with van der Waals surface area (Å²) >= 11 is 0. The molecule has 124 valence electrons. The molecular formula is C16H20N8. The maximum atomic E-state index is 4.26. The number of rotatable bonds is 2. The van der Waals surface area contributed by atoms with Gasteiger partial charge in [-0.2, -0.15) is 5.10 Å². The topological polar surface area (TPSA) is 86.2 Å². The van der Waals surface area contributed by atoms with Crippen LogP contribution in [0.1, 0.15) is 50.9 Å². The van der Waals surface area contributed by atoms with E-state index >= 15 is 0 Å². The van der Waals surface area contributed by atoms with E-state index in [2.05, 4.69) is 57.9 Å². The highest BCUT2D eigenvalue weighted by Crippen LogP contribution is 2.15. The van der Waals surface area contributed by atoms with Gasteiger partial charge in [0.2, 0.25) is 0 Å². The van der Waals surface area contributed by atoms with Crippen molar-refractivity contribution < 1.29 is 0 Å². The lowest BCUT2D eigenvalue weighted by atomic mass is 10.1. The fourth-order valence-corrected chi connectivity index (χ4v) is 2.37. The molecule has 0 aliphatic rings. The van der Waals surface area contributed by atoms with Crippen LogP contribution in [-0.4, -0.2) is 39.2 Å². The quantitative estimate of drug-likeness (QED) is 0.563. The smallest absolute Gasteiger partial charge is 0.182 e. The second-order valence-electron chi connectivity index (χ2n) is 6.02. The lowest BCUT2D eigenvalue weighted by Crippen LogP contribution is -1.98. The van der Waals surface area contributed by atoms with Crippen LogP contribution in [0.5, 0.6) is 0 Å². The molecule has 0 aromatic carbocycles. The third kappa shape index (κ3) is 3.08. The van der Waals surface area contributed by atoms with Crippen LogP contribution < -0.4 is 0 Å². The molecule has 0 fully saturated rings. The van der Waals surface area contributed by atoms with Gasteiger partial charge in [-0.15, -0.1) is 10.2 Å². The van der Waals surface area contributed by atoms with Crippen molar-refractivity contribution in [2.75, 3.05) is 0 Å². The highest BCUT2D eigenvalue weighted by molar-refractivity contribution is 5.43. The summed E-state index contributed by atoms with van der Waals surface area (Å²) in [5, 5.41) is 11.8. The SMILES string of the molecule is CC(C)c1nccn2cnnc12.CC(C)c1nccn2ncnc12. The monoisotopic (exact) mass is 324 g/mol. The molecule has 0 unspecified atom stereocenters. The Morgan fingerprint density at radius 2 is 1.50 bits per heavy atom. The van der Waals surface area contributed by atoms with E-state index in [-0.39, 0.29) is 0 Å². The van der Waals surface area contributed by atoms with E-state index in [9.17, 15) is 0 Å². The Kier molecular flexibility index (Phi) is 4.45. The van der Waals surface area contributed by atoms with Gasteiger partial charge in [-0.25, -0.2) is 9.50 Å². The summed E-state index contributed by atoms with van der Waals surface area (Å²) < 4.78 is 3.62. The number of fused-ring (bicyclic) bond motifs is 2. The molecule has 0 bridgehead atoms. The molecule has 4 aromatic rings. The van der Waals surface area contributed by atoms with Crippen LogP contribution in [0.4, 0.5) is 0 Å². The van der Waals surface area contributed by atoms with Crippen molar-refractivity contribution in [3.63, 3.8) is 0 Å². The van der Waals surface area contributed by atoms with Crippen LogP contribution in [0.2, 0.25) is 0 Å². The van der Waals surface area contributed by atoms with E-state index in [1.165, 1.54) is 0 Å². The third-order valence-electron chi connectivity index (χ3n) is 3.56. The average molecular weight is 324 g/mol. The molecular weight excluding hydrogens is 304 g/mol. The fourth-order valence-electron chi connectivity index (χ4n) is 2.37. The van der Waals surface area contributed by atoms with Crippen LogP contribution in [0.25, 0.3) is 11.3 Å². The molecule has 4 rings (SSSR count). The van der Waals surface area contributed by atoms with Gasteiger partial charge in [0.25, 0.3) is 0 Å². The van der Waals surface area contributed by atoms with Gasteiger partial charge in [0, 0.05) is 24.8 Å². The Balaban J connectivity index is 0.000000141. The summed E-state index contributed by atoms with van der Waals surface area (Å²) in [6.07, 6.45) is 10.4. The van der Waals surface area contributed by atoms with E-state index in [1.807, 2.05) is 10.6 Å². The molecule has 0 N–H and O–H groups in total. The van der Waals surface area contributed by atoms with Gasteiger partial charge >= 0.3 is 0 Å². The summed E-state index contributed by atoms with van der Waals surface area (Å²) in [7, 11) is 0. The second kappa shape index (κ2) is 6.69. The van der Waals surface area contributed by atoms with Crippen molar-refractivity contribution in [3.8, 4) is 0 Å². The first-order valence-corrected chi connectivity index (χ1v) is 7.86. The Hall–Kier alpha value is -2.90. The van der Waals surface area contributed by atoms with Crippen LogP contribution in [0.15, 0.2) is 37.4 Å². The van der Waals surface area contributed by atoms with Gasteiger partial charge in [-0.05, 0) is 11.8 Å². The molecule has 4 aromatic heterocycles. The summed E-state index contributed by atoms with van der Waals surface area (Å²) in [4.78, 5) is 12.6. The molecule has 0 atom stereocenters. The van der Waals surface area contributed by atoms with Crippen LogP contribution in [0, 0.1) is 0 Å². The zero-order valence-electron chi connectivity index (χ0n) is 14.2. The molecule has 0 saturated carbocycles. The minimum atomic E-state index is 0.387. The summed E-state index contributed by atoms with van der Waals surface area (Å²) in [5.41, 5.74) is 3.70. The maximum Gasteiger partial charge on any atom is 0.182 e. The molecule has 0 amide bonds. The maximum absolute atomic E-state index is 4.26. The van der Waals surface area contributed by atoms with Crippen molar-refractivity contribution >= 4 is 11.3 Å². The van der Waals surface area contributed by atoms with Crippen LogP contribution in [0.3, 0.4) is 0 Å². The normalized spacial score (nSPS) is 11.2. The highest BCUT2D eigenvalue weighted by Gasteiger charge is 2.08. The zero-order valence-corrected chi connectivity index (χ0v) is 14.2. The molecule has 24 heavy (non-hydrogen) atoms. The zero-order chi connectivity index (χ0) is 17.1. The van der Waals surface area contributed by atoms with Crippen molar-refractivity contribution in [3.05, 3.63) is 48.8 Å². The number of aromatic nitrogens is 8. The molecule has 0 aliphatic carbocycles. The van der Waals surface area contributed by atoms with Gasteiger partial charge in [0.15, 0.2) is 11.3 Å². The summed E-state index contributed by atoms with van der Waals surface area (Å²) in [6, 6.07) is 0. The van der Waals surface area contributed by atoms with Gasteiger partial charge in [-0.3, -0.25) is 14.4 Å². The average Bonchev–Trinajstić information content (AvgIpc) is 3.23. The molecule has 0 saturated heterocycles. The van der Waals surface area contributed by atoms with Crippen LogP contribution in [-0.2, 0) is 0 Å². The van der Waals surface area contributed by atoms with Gasteiger partial charge < -0.3 is 0 Å². The molecule has 8 heteroatoms. The lowest BCUT2D eigenvalue weighted by molar-refractivity contribution is 0.806. The van der Waals surface area contributed by atoms with Gasteiger partial charge in [-0.1, -0.05) is 27.7 Å². The lowest BCUT2D eigenvalue weighted by Gasteiger charge is -2.03. The molecule has 4 heterocycles. The molecule has 0 radical (unpaired) electrons. The van der Waals surface area contributed by atoms with E-state index in [0.717, 1.165) is 22.7 Å². The summed E-state index contributed by atoms with van der Waals surface area (Å²) in [5.74, 6) is 0.774. The number of hydrogen-bond donors (Lipinski definition) is 0. The predicted octanol–water partition coefficient (Wildman–Crippen LogP) is 2.50. The minimum absolute atomic E-state index is 0.387. The minimum Gasteiger partial charge on any atom is -0.286 e. The van der Waals surface area contributed by atoms with Gasteiger partial charge in [0.1, 0.15) is 12.7 Å². The number of hydrogen-bond acceptors (Lipinski definition) is 6. The molecule has 0 aliphatic heterocycles. The Labute approximate surface area is 139 Å². The van der Waals surface area contributed by atoms with Crippen molar-refractivity contribution in [1.29, 1.82) is 0 Å². The summed E-state index contributed by atoms with van der Waals surface area (Å²) in [6.45, 7) is 8.38. The van der Waals surface area contributed by atoms with Crippen LogP contribution >= 0.6 is 0 Å². The van der Waals surface area contributed by atoms with Gasteiger partial charge in [0.05, 0.1) is 11.4 Å². The van der Waals surface area contributed by atoms with Crippen molar-refractivity contribution in [1.82, 2.24) is 39.2 Å². The standard InChI is InChI=1S/2C8H10N4/c1-6(2)7-8-11-10-5-12(8)4-3-9-7;1-6(2)7-8-10-5-11-12(8)4-3-9-7/h2*3-6H,1-2H3. The van der Waals surface area contributed by atoms with E-state index < -0.39 is 0 Å². The van der Waals surface area contributed by atoms with Crippen molar-refractivity contribution in [2.45, 2.75) is 39.5 Å². The first kappa shape index (κ1) is 16.0. The van der Waals surface area contributed by atoms with E-state index in [0.29, 0.717) is 11.8 Å². The first-order valence-electron chi connectivity index (χ1n) is 7.86. The van der Waals surface area contributed by atoms with Crippen molar-refractivity contribution in [2.24, 2.45) is 0 Å². The number of nitrogens with zero attached hydrogens (tertiary/aromatic N) is 8. The van der Waals surface area contributed by atoms with E-state index in [4.69, 9.17) is 0 Å². The largest absolute Gasteiger partial charge is 0.286 e. The second-order valence-corrected chi connectivity index (χ2v) is 6.02. The van der Waals surface area contributed by atoms with E-state index in [1.54, 1.807) is 35.8 Å². The Morgan fingerprint density at radius 3 is 2.21 bits per heavy atom. The Morgan fingerprint density at radius 1 is 0.833 bits per heavy atom. The Bertz CT molecular complexity index is 859. The first-order chi connectivity index (χ1) is 11.6. The molecule has 8 nitrogen and oxygen atoms in total.